The van der Waals surface area contributed by atoms with Crippen LogP contribution >= 0.6 is 0 Å². The Morgan fingerprint density at radius 2 is 1.93 bits per heavy atom. The molecule has 0 aromatic heterocycles. The fourth-order valence-corrected chi connectivity index (χ4v) is 2.42. The highest BCUT2D eigenvalue weighted by atomic mass is 16.2. The lowest BCUT2D eigenvalue weighted by atomic mass is 10.2. The summed E-state index contributed by atoms with van der Waals surface area (Å²) >= 11 is 0. The minimum Gasteiger partial charge on any atom is -0.328 e. The lowest BCUT2D eigenvalue weighted by molar-refractivity contribution is 0.158. The van der Waals surface area contributed by atoms with Crippen LogP contribution < -0.4 is 5.73 Å². The molecule has 0 aromatic carbocycles. The number of urea groups is 1. The number of amides is 2. The van der Waals surface area contributed by atoms with E-state index in [0.29, 0.717) is 12.6 Å². The molecule has 2 saturated heterocycles. The molecule has 1 unspecified atom stereocenters. The molecular weight excluding hydrogens is 178 g/mol. The molecule has 2 heterocycles. The number of carbonyl (C=O) groups excluding carboxylic acids is 1. The second kappa shape index (κ2) is 4.17. The number of carbonyl (C=O) groups is 1. The zero-order valence-electron chi connectivity index (χ0n) is 8.61. The first-order chi connectivity index (χ1) is 6.83. The monoisotopic (exact) mass is 197 g/mol. The Balaban J connectivity index is 1.95. The van der Waals surface area contributed by atoms with Crippen LogP contribution in [-0.2, 0) is 0 Å². The summed E-state index contributed by atoms with van der Waals surface area (Å²) in [5.41, 5.74) is 5.65. The van der Waals surface area contributed by atoms with Crippen molar-refractivity contribution in [1.29, 1.82) is 0 Å². The molecule has 0 bridgehead atoms. The third-order valence-electron chi connectivity index (χ3n) is 3.27. The van der Waals surface area contributed by atoms with Crippen LogP contribution in [0.2, 0.25) is 0 Å². The van der Waals surface area contributed by atoms with Crippen LogP contribution in [0.1, 0.15) is 25.7 Å². The predicted octanol–water partition coefficient (Wildman–Crippen LogP) is 0.625. The van der Waals surface area contributed by atoms with Crippen LogP contribution in [0.4, 0.5) is 4.79 Å². The van der Waals surface area contributed by atoms with E-state index in [1.165, 1.54) is 0 Å². The molecule has 1 atom stereocenters. The van der Waals surface area contributed by atoms with Gasteiger partial charge in [-0.25, -0.2) is 4.79 Å². The first-order valence-electron chi connectivity index (χ1n) is 5.58. The Hall–Kier alpha value is -0.770. The fourth-order valence-electron chi connectivity index (χ4n) is 2.42. The summed E-state index contributed by atoms with van der Waals surface area (Å²) in [5, 5.41) is 0. The minimum atomic E-state index is 0.218. The molecule has 0 spiro atoms. The molecule has 0 saturated carbocycles. The molecule has 2 aliphatic heterocycles. The Bertz CT molecular complexity index is 213. The van der Waals surface area contributed by atoms with Gasteiger partial charge in [-0.2, -0.15) is 0 Å². The van der Waals surface area contributed by atoms with Gasteiger partial charge in [-0.1, -0.05) is 0 Å². The van der Waals surface area contributed by atoms with Gasteiger partial charge in [0.05, 0.1) is 0 Å². The first kappa shape index (κ1) is 9.77. The molecule has 0 radical (unpaired) electrons. The first-order valence-corrected chi connectivity index (χ1v) is 5.58. The zero-order valence-corrected chi connectivity index (χ0v) is 8.61. The summed E-state index contributed by atoms with van der Waals surface area (Å²) in [6.45, 7) is 3.38. The van der Waals surface area contributed by atoms with E-state index in [0.717, 1.165) is 45.3 Å². The van der Waals surface area contributed by atoms with Gasteiger partial charge in [-0.05, 0) is 25.7 Å². The van der Waals surface area contributed by atoms with Gasteiger partial charge in [-0.3, -0.25) is 0 Å². The van der Waals surface area contributed by atoms with Gasteiger partial charge < -0.3 is 15.5 Å². The second-order valence-corrected chi connectivity index (χ2v) is 4.20. The number of likely N-dealkylation sites (tertiary alicyclic amines) is 2. The molecule has 14 heavy (non-hydrogen) atoms. The van der Waals surface area contributed by atoms with Crippen molar-refractivity contribution >= 4 is 6.03 Å². The Kier molecular flexibility index (Phi) is 2.91. The van der Waals surface area contributed by atoms with E-state index in [-0.39, 0.29) is 6.03 Å². The highest BCUT2D eigenvalue weighted by molar-refractivity contribution is 5.75. The van der Waals surface area contributed by atoms with E-state index < -0.39 is 0 Å². The van der Waals surface area contributed by atoms with E-state index in [9.17, 15) is 4.79 Å². The van der Waals surface area contributed by atoms with Crippen LogP contribution in [0.3, 0.4) is 0 Å². The van der Waals surface area contributed by atoms with Gasteiger partial charge in [0.25, 0.3) is 0 Å². The molecule has 2 aliphatic rings. The number of hydrogen-bond acceptors (Lipinski definition) is 2. The van der Waals surface area contributed by atoms with E-state index in [2.05, 4.69) is 0 Å². The van der Waals surface area contributed by atoms with E-state index >= 15 is 0 Å². The number of nitrogens with two attached hydrogens (primary N) is 1. The summed E-state index contributed by atoms with van der Waals surface area (Å²) < 4.78 is 0. The van der Waals surface area contributed by atoms with Gasteiger partial charge in [0.2, 0.25) is 0 Å². The molecule has 2 amide bonds. The van der Waals surface area contributed by atoms with Crippen molar-refractivity contribution in [3.8, 4) is 0 Å². The maximum Gasteiger partial charge on any atom is 0.320 e. The zero-order chi connectivity index (χ0) is 9.97. The van der Waals surface area contributed by atoms with Crippen LogP contribution in [0.5, 0.6) is 0 Å². The van der Waals surface area contributed by atoms with E-state index in [1.54, 1.807) is 0 Å². The largest absolute Gasteiger partial charge is 0.328 e. The average Bonchev–Trinajstić information content (AvgIpc) is 2.87. The van der Waals surface area contributed by atoms with Crippen LogP contribution in [0.25, 0.3) is 0 Å². The molecule has 0 aromatic rings. The number of rotatable bonds is 1. The summed E-state index contributed by atoms with van der Waals surface area (Å²) in [7, 11) is 0. The highest BCUT2D eigenvalue weighted by Crippen LogP contribution is 2.20. The van der Waals surface area contributed by atoms with Crippen LogP contribution in [0, 0.1) is 0 Å². The molecule has 2 N–H and O–H groups in total. The van der Waals surface area contributed by atoms with Crippen molar-refractivity contribution in [2.75, 3.05) is 26.2 Å². The SMILES string of the molecule is NCC1CCCN1C(=O)N1CCCC1. The lowest BCUT2D eigenvalue weighted by Crippen LogP contribution is -2.46. The maximum atomic E-state index is 12.0. The summed E-state index contributed by atoms with van der Waals surface area (Å²) in [4.78, 5) is 15.9. The Morgan fingerprint density at radius 3 is 2.57 bits per heavy atom. The van der Waals surface area contributed by atoms with Gasteiger partial charge in [-0.15, -0.1) is 0 Å². The van der Waals surface area contributed by atoms with Crippen LogP contribution in [-0.4, -0.2) is 48.1 Å². The van der Waals surface area contributed by atoms with Crippen molar-refractivity contribution in [1.82, 2.24) is 9.80 Å². The third-order valence-corrected chi connectivity index (χ3v) is 3.27. The summed E-state index contributed by atoms with van der Waals surface area (Å²) in [5.74, 6) is 0. The van der Waals surface area contributed by atoms with Gasteiger partial charge in [0.15, 0.2) is 0 Å². The van der Waals surface area contributed by atoms with Gasteiger partial charge >= 0.3 is 6.03 Å². The molecular formula is C10H19N3O. The van der Waals surface area contributed by atoms with E-state index in [1.807, 2.05) is 9.80 Å². The Labute approximate surface area is 85.0 Å². The summed E-state index contributed by atoms with van der Waals surface area (Å²) in [6.07, 6.45) is 4.51. The highest BCUT2D eigenvalue weighted by Gasteiger charge is 2.31. The predicted molar refractivity (Wildman–Crippen MR) is 55.0 cm³/mol. The molecule has 4 heteroatoms. The molecule has 2 rings (SSSR count). The fraction of sp³-hybridized carbons (Fsp3) is 0.900. The second-order valence-electron chi connectivity index (χ2n) is 4.20. The molecule has 0 aliphatic carbocycles. The Morgan fingerprint density at radius 1 is 1.21 bits per heavy atom. The van der Waals surface area contributed by atoms with E-state index in [4.69, 9.17) is 5.73 Å². The molecule has 2 fully saturated rings. The molecule has 4 nitrogen and oxygen atoms in total. The van der Waals surface area contributed by atoms with Crippen molar-refractivity contribution in [3.05, 3.63) is 0 Å². The molecule has 80 valence electrons. The minimum absolute atomic E-state index is 0.218. The van der Waals surface area contributed by atoms with Crippen molar-refractivity contribution in [2.45, 2.75) is 31.7 Å². The third kappa shape index (κ3) is 1.71. The topological polar surface area (TPSA) is 49.6 Å². The van der Waals surface area contributed by atoms with Crippen molar-refractivity contribution in [3.63, 3.8) is 0 Å². The normalized spacial score (nSPS) is 27.4. The van der Waals surface area contributed by atoms with Crippen LogP contribution in [0.15, 0.2) is 0 Å². The quantitative estimate of drug-likeness (QED) is 0.670. The average molecular weight is 197 g/mol. The standard InChI is InChI=1S/C10H19N3O/c11-8-9-4-3-7-13(9)10(14)12-5-1-2-6-12/h9H,1-8,11H2. The maximum absolute atomic E-state index is 12.0. The van der Waals surface area contributed by atoms with Crippen molar-refractivity contribution < 1.29 is 4.79 Å². The van der Waals surface area contributed by atoms with Gasteiger partial charge in [0, 0.05) is 32.2 Å². The summed E-state index contributed by atoms with van der Waals surface area (Å²) in [6, 6.07) is 0.513. The lowest BCUT2D eigenvalue weighted by Gasteiger charge is -2.28. The van der Waals surface area contributed by atoms with Crippen molar-refractivity contribution in [2.24, 2.45) is 5.73 Å². The number of hydrogen-bond donors (Lipinski definition) is 1. The van der Waals surface area contributed by atoms with Gasteiger partial charge in [0.1, 0.15) is 0 Å². The smallest absolute Gasteiger partial charge is 0.320 e. The number of nitrogens with zero attached hydrogens (tertiary/aromatic N) is 2.